The number of rotatable bonds is 3. The number of hydrogen-bond donors (Lipinski definition) is 1. The summed E-state index contributed by atoms with van der Waals surface area (Å²) in [6.07, 6.45) is 1.76. The average Bonchev–Trinajstić information content (AvgIpc) is 2.56. The summed E-state index contributed by atoms with van der Waals surface area (Å²) in [6.45, 7) is 3.58. The van der Waals surface area contributed by atoms with Crippen LogP contribution in [0.3, 0.4) is 0 Å². The van der Waals surface area contributed by atoms with Crippen LogP contribution < -0.4 is 0 Å². The summed E-state index contributed by atoms with van der Waals surface area (Å²) < 4.78 is 0. The van der Waals surface area contributed by atoms with Crippen LogP contribution in [0.2, 0.25) is 0 Å². The minimum Gasteiger partial charge on any atom is -0.481 e. The van der Waals surface area contributed by atoms with Gasteiger partial charge >= 0.3 is 5.97 Å². The van der Waals surface area contributed by atoms with Gasteiger partial charge in [-0.3, -0.25) is 9.59 Å². The van der Waals surface area contributed by atoms with Crippen LogP contribution in [-0.2, 0) is 4.79 Å². The molecule has 0 heterocycles. The monoisotopic (exact) mass is 230 g/mol. The van der Waals surface area contributed by atoms with Gasteiger partial charge in [0.15, 0.2) is 5.78 Å². The third kappa shape index (κ3) is 2.00. The lowest BCUT2D eigenvalue weighted by Gasteiger charge is -2.23. The van der Waals surface area contributed by atoms with E-state index >= 15 is 0 Å². The first-order chi connectivity index (χ1) is 7.92. The summed E-state index contributed by atoms with van der Waals surface area (Å²) in [6, 6.07) is 7.34. The van der Waals surface area contributed by atoms with Gasteiger partial charge in [0.2, 0.25) is 0 Å². The van der Waals surface area contributed by atoms with Crippen LogP contribution in [0.1, 0.15) is 36.2 Å². The second-order valence-electron chi connectivity index (χ2n) is 4.93. The number of ketones is 1. The number of hydrogen-bond acceptors (Lipinski definition) is 2. The highest BCUT2D eigenvalue weighted by atomic mass is 16.4. The molecular weight excluding hydrogens is 216 g/mol. The Kier molecular flexibility index (Phi) is 2.62. The molecule has 1 aliphatic carbocycles. The van der Waals surface area contributed by atoms with E-state index in [9.17, 15) is 9.59 Å². The fourth-order valence-corrected chi connectivity index (χ4v) is 2.17. The zero-order valence-electron chi connectivity index (χ0n) is 9.86. The summed E-state index contributed by atoms with van der Waals surface area (Å²) >= 11 is 0. The van der Waals surface area contributed by atoms with Crippen molar-refractivity contribution in [1.82, 2.24) is 0 Å². The molecule has 1 aliphatic rings. The minimum atomic E-state index is -0.889. The Bertz CT molecular complexity index is 524. The number of carboxylic acid groups (broad SMARTS) is 1. The van der Waals surface area contributed by atoms with E-state index in [0.717, 1.165) is 5.56 Å². The Labute approximate surface area is 99.8 Å². The minimum absolute atomic E-state index is 0.0431. The Morgan fingerprint density at radius 3 is 2.53 bits per heavy atom. The van der Waals surface area contributed by atoms with Gasteiger partial charge in [-0.25, -0.2) is 0 Å². The SMILES string of the molecule is CC(C)(CC(=O)O)C1=Cc2ccccc2C1=O. The lowest BCUT2D eigenvalue weighted by Crippen LogP contribution is -2.22. The second kappa shape index (κ2) is 3.84. The molecule has 0 spiro atoms. The van der Waals surface area contributed by atoms with Gasteiger partial charge < -0.3 is 5.11 Å². The van der Waals surface area contributed by atoms with Crippen molar-refractivity contribution in [2.45, 2.75) is 20.3 Å². The molecule has 2 rings (SSSR count). The van der Waals surface area contributed by atoms with E-state index in [1.54, 1.807) is 26.0 Å². The van der Waals surface area contributed by atoms with Crippen LogP contribution in [0.5, 0.6) is 0 Å². The van der Waals surface area contributed by atoms with E-state index in [2.05, 4.69) is 0 Å². The summed E-state index contributed by atoms with van der Waals surface area (Å²) in [5.74, 6) is -0.938. The van der Waals surface area contributed by atoms with Crippen LogP contribution in [0.15, 0.2) is 29.8 Å². The van der Waals surface area contributed by atoms with E-state index in [1.165, 1.54) is 0 Å². The number of benzene rings is 1. The molecule has 3 nitrogen and oxygen atoms in total. The number of fused-ring (bicyclic) bond motifs is 1. The standard InChI is InChI=1S/C14H14O3/c1-14(2,8-12(15)16)11-7-9-5-3-4-6-10(9)13(11)17/h3-7H,8H2,1-2H3,(H,15,16). The molecule has 0 aliphatic heterocycles. The molecule has 0 unspecified atom stereocenters. The van der Waals surface area contributed by atoms with Gasteiger partial charge in [0, 0.05) is 16.6 Å². The largest absolute Gasteiger partial charge is 0.481 e. The topological polar surface area (TPSA) is 54.4 Å². The molecular formula is C14H14O3. The average molecular weight is 230 g/mol. The third-order valence-electron chi connectivity index (χ3n) is 3.07. The molecule has 0 radical (unpaired) electrons. The van der Waals surface area contributed by atoms with Crippen molar-refractivity contribution in [3.8, 4) is 0 Å². The highest BCUT2D eigenvalue weighted by Gasteiger charge is 2.35. The van der Waals surface area contributed by atoms with Gasteiger partial charge in [0.25, 0.3) is 0 Å². The predicted octanol–water partition coefficient (Wildman–Crippen LogP) is 2.77. The van der Waals surface area contributed by atoms with Crippen LogP contribution in [-0.4, -0.2) is 16.9 Å². The van der Waals surface area contributed by atoms with Gasteiger partial charge in [0.1, 0.15) is 0 Å². The first kappa shape index (κ1) is 11.6. The second-order valence-corrected chi connectivity index (χ2v) is 4.93. The van der Waals surface area contributed by atoms with Crippen LogP contribution in [0, 0.1) is 5.41 Å². The summed E-state index contributed by atoms with van der Waals surface area (Å²) in [5.41, 5.74) is 1.50. The fourth-order valence-electron chi connectivity index (χ4n) is 2.17. The van der Waals surface area contributed by atoms with Crippen molar-refractivity contribution in [3.63, 3.8) is 0 Å². The van der Waals surface area contributed by atoms with Crippen molar-refractivity contribution < 1.29 is 14.7 Å². The molecule has 0 saturated heterocycles. The highest BCUT2D eigenvalue weighted by Crippen LogP contribution is 2.38. The maximum Gasteiger partial charge on any atom is 0.304 e. The molecule has 1 aromatic rings. The number of allylic oxidation sites excluding steroid dienone is 1. The number of carbonyl (C=O) groups is 2. The quantitative estimate of drug-likeness (QED) is 0.868. The van der Waals surface area contributed by atoms with Crippen molar-refractivity contribution in [1.29, 1.82) is 0 Å². The first-order valence-corrected chi connectivity index (χ1v) is 5.49. The fraction of sp³-hybridized carbons (Fsp3) is 0.286. The maximum atomic E-state index is 12.2. The van der Waals surface area contributed by atoms with Crippen LogP contribution in [0.4, 0.5) is 0 Å². The number of carbonyl (C=O) groups excluding carboxylic acids is 1. The lowest BCUT2D eigenvalue weighted by molar-refractivity contribution is -0.138. The zero-order valence-corrected chi connectivity index (χ0v) is 9.86. The Morgan fingerprint density at radius 2 is 1.94 bits per heavy atom. The van der Waals surface area contributed by atoms with E-state index in [-0.39, 0.29) is 12.2 Å². The molecule has 1 aromatic carbocycles. The van der Waals surface area contributed by atoms with Gasteiger partial charge in [0.05, 0.1) is 6.42 Å². The highest BCUT2D eigenvalue weighted by molar-refractivity contribution is 6.18. The third-order valence-corrected chi connectivity index (χ3v) is 3.07. The van der Waals surface area contributed by atoms with Gasteiger partial charge in [-0.05, 0) is 11.6 Å². The number of carboxylic acids is 1. The van der Waals surface area contributed by atoms with Crippen molar-refractivity contribution in [2.24, 2.45) is 5.41 Å². The van der Waals surface area contributed by atoms with E-state index in [0.29, 0.717) is 11.1 Å². The molecule has 1 N–H and O–H groups in total. The molecule has 0 amide bonds. The number of aliphatic carboxylic acids is 1. The molecule has 0 fully saturated rings. The molecule has 0 atom stereocenters. The van der Waals surface area contributed by atoms with Gasteiger partial charge in [-0.15, -0.1) is 0 Å². The zero-order chi connectivity index (χ0) is 12.6. The van der Waals surface area contributed by atoms with E-state index in [1.807, 2.05) is 18.2 Å². The molecule has 17 heavy (non-hydrogen) atoms. The van der Waals surface area contributed by atoms with Crippen LogP contribution in [0.25, 0.3) is 6.08 Å². The maximum absolute atomic E-state index is 12.2. The molecule has 0 bridgehead atoms. The molecule has 0 saturated carbocycles. The van der Waals surface area contributed by atoms with Crippen molar-refractivity contribution in [3.05, 3.63) is 41.0 Å². The number of Topliss-reactive ketones (excluding diaryl/α,β-unsaturated/α-hetero) is 1. The summed E-state index contributed by atoms with van der Waals surface area (Å²) in [4.78, 5) is 23.0. The Morgan fingerprint density at radius 1 is 1.29 bits per heavy atom. The Balaban J connectivity index is 2.39. The molecule has 3 heteroatoms. The lowest BCUT2D eigenvalue weighted by atomic mass is 9.79. The Hall–Kier alpha value is -1.90. The van der Waals surface area contributed by atoms with Crippen molar-refractivity contribution in [2.75, 3.05) is 0 Å². The van der Waals surface area contributed by atoms with E-state index in [4.69, 9.17) is 5.11 Å². The smallest absolute Gasteiger partial charge is 0.304 e. The van der Waals surface area contributed by atoms with Gasteiger partial charge in [-0.1, -0.05) is 38.1 Å². The van der Waals surface area contributed by atoms with Gasteiger partial charge in [-0.2, -0.15) is 0 Å². The van der Waals surface area contributed by atoms with Crippen LogP contribution >= 0.6 is 0 Å². The predicted molar refractivity (Wildman–Crippen MR) is 64.8 cm³/mol. The first-order valence-electron chi connectivity index (χ1n) is 5.49. The molecule has 88 valence electrons. The summed E-state index contributed by atoms with van der Waals surface area (Å²) in [5, 5.41) is 8.87. The normalized spacial score (nSPS) is 14.5. The summed E-state index contributed by atoms with van der Waals surface area (Å²) in [7, 11) is 0. The molecule has 0 aromatic heterocycles. The van der Waals surface area contributed by atoms with E-state index < -0.39 is 11.4 Å². The van der Waals surface area contributed by atoms with Crippen molar-refractivity contribution >= 4 is 17.8 Å².